The average molecular weight is 425 g/mol. The highest BCUT2D eigenvalue weighted by Gasteiger charge is 2.36. The standard InChI is InChI=1S/C13H23F3INO3/c1-6-18(10(19)21-11(2,3)4)8-12(5,7-17)20-9-13(14,15)16/h6-9H2,1-5H3. The SMILES string of the molecule is CCN(CC(C)(CI)OCC(F)(F)F)C(=O)OC(C)(C)C. The molecule has 1 unspecified atom stereocenters. The summed E-state index contributed by atoms with van der Waals surface area (Å²) >= 11 is 1.95. The van der Waals surface area contributed by atoms with Crippen LogP contribution >= 0.6 is 22.6 Å². The van der Waals surface area contributed by atoms with Crippen LogP contribution in [0.1, 0.15) is 34.6 Å². The van der Waals surface area contributed by atoms with Crippen molar-refractivity contribution >= 4 is 28.7 Å². The van der Waals surface area contributed by atoms with Crippen molar-refractivity contribution < 1.29 is 27.4 Å². The predicted octanol–water partition coefficient (Wildman–Crippen LogP) is 4.02. The molecule has 21 heavy (non-hydrogen) atoms. The second kappa shape index (κ2) is 7.85. The molecule has 0 aromatic heterocycles. The summed E-state index contributed by atoms with van der Waals surface area (Å²) in [6.07, 6.45) is -4.95. The Morgan fingerprint density at radius 3 is 2.05 bits per heavy atom. The third-order valence-corrected chi connectivity index (χ3v) is 4.04. The summed E-state index contributed by atoms with van der Waals surface area (Å²) in [5, 5.41) is 0. The highest BCUT2D eigenvalue weighted by molar-refractivity contribution is 14.1. The van der Waals surface area contributed by atoms with E-state index in [0.717, 1.165) is 0 Å². The van der Waals surface area contributed by atoms with Gasteiger partial charge in [-0.3, -0.25) is 0 Å². The number of hydrogen-bond acceptors (Lipinski definition) is 3. The molecule has 0 radical (unpaired) electrons. The topological polar surface area (TPSA) is 38.8 Å². The van der Waals surface area contributed by atoms with Gasteiger partial charge in [-0.1, -0.05) is 22.6 Å². The van der Waals surface area contributed by atoms with E-state index in [9.17, 15) is 18.0 Å². The van der Waals surface area contributed by atoms with Crippen molar-refractivity contribution in [3.8, 4) is 0 Å². The molecule has 0 fully saturated rings. The molecule has 0 bridgehead atoms. The monoisotopic (exact) mass is 425 g/mol. The van der Waals surface area contributed by atoms with Gasteiger partial charge in [-0.25, -0.2) is 4.79 Å². The van der Waals surface area contributed by atoms with Gasteiger partial charge in [-0.05, 0) is 34.6 Å². The quantitative estimate of drug-likeness (QED) is 0.477. The van der Waals surface area contributed by atoms with Crippen LogP contribution < -0.4 is 0 Å². The lowest BCUT2D eigenvalue weighted by atomic mass is 10.1. The third-order valence-electron chi connectivity index (χ3n) is 2.43. The molecule has 0 saturated carbocycles. The molecule has 0 aliphatic rings. The van der Waals surface area contributed by atoms with E-state index in [1.807, 2.05) is 22.6 Å². The molecule has 4 nitrogen and oxygen atoms in total. The first-order valence-corrected chi connectivity index (χ1v) is 8.09. The average Bonchev–Trinajstić information content (AvgIpc) is 2.30. The van der Waals surface area contributed by atoms with Crippen LogP contribution in [-0.2, 0) is 9.47 Å². The Balaban J connectivity index is 4.78. The highest BCUT2D eigenvalue weighted by Crippen LogP contribution is 2.23. The molecular weight excluding hydrogens is 402 g/mol. The van der Waals surface area contributed by atoms with Crippen molar-refractivity contribution in [3.63, 3.8) is 0 Å². The molecule has 0 spiro atoms. The van der Waals surface area contributed by atoms with E-state index in [4.69, 9.17) is 9.47 Å². The van der Waals surface area contributed by atoms with Crippen LogP contribution in [0.15, 0.2) is 0 Å². The van der Waals surface area contributed by atoms with E-state index in [-0.39, 0.29) is 6.54 Å². The van der Waals surface area contributed by atoms with Crippen molar-refractivity contribution in [2.75, 3.05) is 24.1 Å². The van der Waals surface area contributed by atoms with Gasteiger partial charge in [-0.2, -0.15) is 13.2 Å². The predicted molar refractivity (Wildman–Crippen MR) is 82.8 cm³/mol. The van der Waals surface area contributed by atoms with E-state index in [1.54, 1.807) is 34.6 Å². The first-order chi connectivity index (χ1) is 9.32. The minimum Gasteiger partial charge on any atom is -0.444 e. The molecule has 0 rings (SSSR count). The number of halogens is 4. The van der Waals surface area contributed by atoms with Gasteiger partial charge in [0.25, 0.3) is 0 Å². The van der Waals surface area contributed by atoms with E-state index < -0.39 is 30.1 Å². The van der Waals surface area contributed by atoms with Gasteiger partial charge < -0.3 is 14.4 Å². The van der Waals surface area contributed by atoms with Gasteiger partial charge in [0.2, 0.25) is 0 Å². The summed E-state index contributed by atoms with van der Waals surface area (Å²) in [6.45, 7) is 7.52. The summed E-state index contributed by atoms with van der Waals surface area (Å²) in [5.41, 5.74) is -1.74. The minimum absolute atomic E-state index is 0.0391. The number of alkyl halides is 4. The second-order valence-corrected chi connectivity index (χ2v) is 6.74. The van der Waals surface area contributed by atoms with Crippen LogP contribution in [0.3, 0.4) is 0 Å². The zero-order valence-electron chi connectivity index (χ0n) is 13.0. The van der Waals surface area contributed by atoms with Gasteiger partial charge in [0.1, 0.15) is 12.2 Å². The van der Waals surface area contributed by atoms with E-state index >= 15 is 0 Å². The third kappa shape index (κ3) is 9.38. The number of hydrogen-bond donors (Lipinski definition) is 0. The van der Waals surface area contributed by atoms with Gasteiger partial charge >= 0.3 is 12.3 Å². The lowest BCUT2D eigenvalue weighted by molar-refractivity contribution is -0.200. The molecule has 1 atom stereocenters. The van der Waals surface area contributed by atoms with Gasteiger partial charge in [0.05, 0.1) is 12.1 Å². The number of likely N-dealkylation sites (N-methyl/N-ethyl adjacent to an activating group) is 1. The van der Waals surface area contributed by atoms with Crippen molar-refractivity contribution in [1.82, 2.24) is 4.90 Å². The highest BCUT2D eigenvalue weighted by atomic mass is 127. The smallest absolute Gasteiger partial charge is 0.411 e. The molecule has 8 heteroatoms. The summed E-state index contributed by atoms with van der Waals surface area (Å²) in [5.74, 6) is 0. The maximum Gasteiger partial charge on any atom is 0.411 e. The molecule has 1 amide bonds. The molecule has 0 aromatic carbocycles. The summed E-state index contributed by atoms with van der Waals surface area (Å²) in [6, 6.07) is 0. The maximum atomic E-state index is 12.3. The number of rotatable bonds is 6. The number of amides is 1. The van der Waals surface area contributed by atoms with Gasteiger partial charge in [0.15, 0.2) is 0 Å². The van der Waals surface area contributed by atoms with E-state index in [1.165, 1.54) is 4.90 Å². The first-order valence-electron chi connectivity index (χ1n) is 6.56. The van der Waals surface area contributed by atoms with Crippen molar-refractivity contribution in [1.29, 1.82) is 0 Å². The largest absolute Gasteiger partial charge is 0.444 e. The fourth-order valence-electron chi connectivity index (χ4n) is 1.42. The lowest BCUT2D eigenvalue weighted by Gasteiger charge is -2.35. The Morgan fingerprint density at radius 1 is 1.19 bits per heavy atom. The Hall–Kier alpha value is -0.250. The summed E-state index contributed by atoms with van der Waals surface area (Å²) < 4.78 is 47.4. The Bertz CT molecular complexity index is 345. The fraction of sp³-hybridized carbons (Fsp3) is 0.923. The van der Waals surface area contributed by atoms with Crippen LogP contribution in [-0.4, -0.2) is 52.5 Å². The Morgan fingerprint density at radius 2 is 1.71 bits per heavy atom. The molecule has 0 N–H and O–H groups in total. The van der Waals surface area contributed by atoms with Crippen LogP contribution in [0.2, 0.25) is 0 Å². The molecule has 0 aromatic rings. The number of ether oxygens (including phenoxy) is 2. The Kier molecular flexibility index (Phi) is 7.75. The molecule has 0 saturated heterocycles. The van der Waals surface area contributed by atoms with Crippen molar-refractivity contribution in [2.45, 2.75) is 52.0 Å². The molecule has 0 aliphatic heterocycles. The minimum atomic E-state index is -4.39. The Labute approximate surface area is 137 Å². The molecule has 0 aliphatic carbocycles. The van der Waals surface area contributed by atoms with Crippen molar-refractivity contribution in [2.24, 2.45) is 0 Å². The lowest BCUT2D eigenvalue weighted by Crippen LogP contribution is -2.49. The molecular formula is C13H23F3INO3. The van der Waals surface area contributed by atoms with Gasteiger partial charge in [-0.15, -0.1) is 0 Å². The number of nitrogens with zero attached hydrogens (tertiary/aromatic N) is 1. The van der Waals surface area contributed by atoms with E-state index in [2.05, 4.69) is 0 Å². The van der Waals surface area contributed by atoms with Crippen LogP contribution in [0.4, 0.5) is 18.0 Å². The molecule has 0 heterocycles. The van der Waals surface area contributed by atoms with E-state index in [0.29, 0.717) is 11.0 Å². The zero-order chi connectivity index (χ0) is 16.9. The zero-order valence-corrected chi connectivity index (χ0v) is 15.2. The summed E-state index contributed by atoms with van der Waals surface area (Å²) in [4.78, 5) is 13.4. The molecule has 126 valence electrons. The first kappa shape index (κ1) is 20.8. The van der Waals surface area contributed by atoms with Gasteiger partial charge in [0, 0.05) is 11.0 Å². The van der Waals surface area contributed by atoms with Crippen LogP contribution in [0, 0.1) is 0 Å². The second-order valence-electron chi connectivity index (χ2n) is 5.98. The number of carbonyl (C=O) groups is 1. The summed E-state index contributed by atoms with van der Waals surface area (Å²) in [7, 11) is 0. The fourth-order valence-corrected chi connectivity index (χ4v) is 1.88. The number of carbonyl (C=O) groups excluding carboxylic acids is 1. The van der Waals surface area contributed by atoms with Crippen LogP contribution in [0.25, 0.3) is 0 Å². The normalized spacial score (nSPS) is 15.5. The maximum absolute atomic E-state index is 12.3. The van der Waals surface area contributed by atoms with Crippen molar-refractivity contribution in [3.05, 3.63) is 0 Å². The van der Waals surface area contributed by atoms with Crippen LogP contribution in [0.5, 0.6) is 0 Å².